The first-order valence-electron chi connectivity index (χ1n) is 10.0. The standard InChI is InChI=1S/C20H20F4N8O2/c1-25-19(34)16-11-32(31-29-16)10-13(21)2-3-14-4-5-17(30-28-14)27-18(33)9-15-8-12(6-7-26-15)20(22,23)24/h4-8,11,13H,2-3,9-10H2,1H3,(H,25,34)(H,27,30,33). The van der Waals surface area contributed by atoms with E-state index in [9.17, 15) is 27.2 Å². The predicted molar refractivity (Wildman–Crippen MR) is 110 cm³/mol. The second-order valence-electron chi connectivity index (χ2n) is 7.21. The quantitative estimate of drug-likeness (QED) is 0.449. The second kappa shape index (κ2) is 10.8. The maximum atomic E-state index is 14.3. The summed E-state index contributed by atoms with van der Waals surface area (Å²) in [5, 5.41) is 19.9. The zero-order valence-electron chi connectivity index (χ0n) is 17.9. The third-order valence-corrected chi connectivity index (χ3v) is 4.57. The van der Waals surface area contributed by atoms with Crippen molar-refractivity contribution in [2.75, 3.05) is 12.4 Å². The number of pyridine rings is 1. The molecule has 0 fully saturated rings. The van der Waals surface area contributed by atoms with Gasteiger partial charge in [0.05, 0.1) is 36.1 Å². The van der Waals surface area contributed by atoms with Gasteiger partial charge in [-0.15, -0.1) is 10.2 Å². The lowest BCUT2D eigenvalue weighted by Crippen LogP contribution is -2.18. The van der Waals surface area contributed by atoms with Gasteiger partial charge in [0, 0.05) is 13.2 Å². The second-order valence-corrected chi connectivity index (χ2v) is 7.21. The van der Waals surface area contributed by atoms with Crippen molar-refractivity contribution in [2.45, 2.75) is 38.2 Å². The molecule has 0 aliphatic rings. The summed E-state index contributed by atoms with van der Waals surface area (Å²) in [5.74, 6) is -0.932. The Hall–Kier alpha value is -3.97. The Morgan fingerprint density at radius 1 is 1.12 bits per heavy atom. The Morgan fingerprint density at radius 2 is 1.91 bits per heavy atom. The Morgan fingerprint density at radius 3 is 2.59 bits per heavy atom. The highest BCUT2D eigenvalue weighted by Crippen LogP contribution is 2.29. The predicted octanol–water partition coefficient (Wildman–Crippen LogP) is 1.99. The van der Waals surface area contributed by atoms with Crippen LogP contribution < -0.4 is 10.6 Å². The summed E-state index contributed by atoms with van der Waals surface area (Å²) in [7, 11) is 1.45. The summed E-state index contributed by atoms with van der Waals surface area (Å²) >= 11 is 0. The molecule has 180 valence electrons. The number of alkyl halides is 4. The fourth-order valence-corrected chi connectivity index (χ4v) is 2.88. The molecule has 2 N–H and O–H groups in total. The molecule has 0 saturated carbocycles. The van der Waals surface area contributed by atoms with Crippen LogP contribution in [0.2, 0.25) is 0 Å². The normalized spacial score (nSPS) is 12.3. The first-order valence-corrected chi connectivity index (χ1v) is 10.0. The monoisotopic (exact) mass is 480 g/mol. The number of rotatable bonds is 9. The molecule has 1 unspecified atom stereocenters. The number of aryl methyl sites for hydroxylation is 1. The molecule has 3 aromatic rings. The molecule has 0 aliphatic carbocycles. The minimum Gasteiger partial charge on any atom is -0.354 e. The third kappa shape index (κ3) is 7.02. The summed E-state index contributed by atoms with van der Waals surface area (Å²) < 4.78 is 53.8. The lowest BCUT2D eigenvalue weighted by atomic mass is 10.1. The average molecular weight is 480 g/mol. The number of hydrogen-bond acceptors (Lipinski definition) is 7. The Kier molecular flexibility index (Phi) is 7.81. The Bertz CT molecular complexity index is 1130. The molecule has 10 nitrogen and oxygen atoms in total. The van der Waals surface area contributed by atoms with Crippen molar-refractivity contribution in [3.63, 3.8) is 0 Å². The van der Waals surface area contributed by atoms with Gasteiger partial charge in [-0.25, -0.2) is 9.07 Å². The molecular weight excluding hydrogens is 460 g/mol. The number of nitrogens with zero attached hydrogens (tertiary/aromatic N) is 6. The van der Waals surface area contributed by atoms with Crippen molar-refractivity contribution in [1.29, 1.82) is 0 Å². The summed E-state index contributed by atoms with van der Waals surface area (Å²) in [6.07, 6.45) is -3.48. The largest absolute Gasteiger partial charge is 0.416 e. The molecule has 1 atom stereocenters. The molecule has 14 heteroatoms. The van der Waals surface area contributed by atoms with Crippen LogP contribution in [0.3, 0.4) is 0 Å². The van der Waals surface area contributed by atoms with E-state index in [-0.39, 0.29) is 43.0 Å². The highest BCUT2D eigenvalue weighted by molar-refractivity contribution is 5.91. The van der Waals surface area contributed by atoms with E-state index < -0.39 is 29.7 Å². The highest BCUT2D eigenvalue weighted by Gasteiger charge is 2.30. The molecular formula is C20H20F4N8O2. The zero-order valence-corrected chi connectivity index (χ0v) is 17.9. The van der Waals surface area contributed by atoms with Crippen LogP contribution in [-0.2, 0) is 30.4 Å². The Balaban J connectivity index is 1.47. The van der Waals surface area contributed by atoms with Gasteiger partial charge in [0.15, 0.2) is 11.5 Å². The van der Waals surface area contributed by atoms with E-state index in [4.69, 9.17) is 0 Å². The lowest BCUT2D eigenvalue weighted by molar-refractivity contribution is -0.137. The van der Waals surface area contributed by atoms with Crippen LogP contribution in [0, 0.1) is 0 Å². The van der Waals surface area contributed by atoms with E-state index in [0.717, 1.165) is 18.3 Å². The molecule has 0 radical (unpaired) electrons. The number of hydrogen-bond donors (Lipinski definition) is 2. The summed E-state index contributed by atoms with van der Waals surface area (Å²) in [6, 6.07) is 4.64. The molecule has 0 bridgehead atoms. The zero-order chi connectivity index (χ0) is 24.7. The van der Waals surface area contributed by atoms with Crippen LogP contribution >= 0.6 is 0 Å². The van der Waals surface area contributed by atoms with E-state index in [1.54, 1.807) is 6.07 Å². The average Bonchev–Trinajstić information content (AvgIpc) is 3.26. The van der Waals surface area contributed by atoms with Gasteiger partial charge in [0.2, 0.25) is 5.91 Å². The van der Waals surface area contributed by atoms with Crippen molar-refractivity contribution in [1.82, 2.24) is 35.5 Å². The number of amides is 2. The van der Waals surface area contributed by atoms with E-state index >= 15 is 0 Å². The van der Waals surface area contributed by atoms with Gasteiger partial charge in [-0.2, -0.15) is 18.3 Å². The topological polar surface area (TPSA) is 128 Å². The molecule has 3 aromatic heterocycles. The van der Waals surface area contributed by atoms with Gasteiger partial charge in [-0.3, -0.25) is 14.6 Å². The van der Waals surface area contributed by atoms with E-state index in [0.29, 0.717) is 5.69 Å². The van der Waals surface area contributed by atoms with Crippen LogP contribution in [0.1, 0.15) is 33.9 Å². The van der Waals surface area contributed by atoms with Crippen LogP contribution in [0.5, 0.6) is 0 Å². The van der Waals surface area contributed by atoms with Crippen LogP contribution in [-0.4, -0.2) is 55.2 Å². The number of halogens is 4. The molecule has 0 saturated heterocycles. The first-order chi connectivity index (χ1) is 16.1. The fourth-order valence-electron chi connectivity index (χ4n) is 2.88. The van der Waals surface area contributed by atoms with Crippen LogP contribution in [0.25, 0.3) is 0 Å². The molecule has 3 rings (SSSR count). The molecule has 34 heavy (non-hydrogen) atoms. The molecule has 2 amide bonds. The molecule has 0 spiro atoms. The van der Waals surface area contributed by atoms with Gasteiger partial charge >= 0.3 is 6.18 Å². The molecule has 0 aliphatic heterocycles. The maximum absolute atomic E-state index is 14.3. The maximum Gasteiger partial charge on any atom is 0.416 e. The van der Waals surface area contributed by atoms with Crippen LogP contribution in [0.4, 0.5) is 23.4 Å². The van der Waals surface area contributed by atoms with E-state index in [2.05, 4.69) is 36.1 Å². The Labute approximate surface area is 190 Å². The molecule has 3 heterocycles. The fraction of sp³-hybridized carbons (Fsp3) is 0.350. The number of carbonyl (C=O) groups excluding carboxylic acids is 2. The van der Waals surface area contributed by atoms with E-state index in [1.807, 2.05) is 0 Å². The first kappa shape index (κ1) is 24.7. The van der Waals surface area contributed by atoms with Gasteiger partial charge in [0.1, 0.15) is 6.17 Å². The van der Waals surface area contributed by atoms with Gasteiger partial charge in [0.25, 0.3) is 5.91 Å². The van der Waals surface area contributed by atoms with Crippen LogP contribution in [0.15, 0.2) is 36.7 Å². The summed E-state index contributed by atoms with van der Waals surface area (Å²) in [5.41, 5.74) is -0.371. The van der Waals surface area contributed by atoms with E-state index in [1.165, 1.54) is 24.0 Å². The van der Waals surface area contributed by atoms with Crippen molar-refractivity contribution < 1.29 is 27.2 Å². The number of nitrogens with one attached hydrogen (secondary N) is 2. The van der Waals surface area contributed by atoms with Gasteiger partial charge < -0.3 is 10.6 Å². The SMILES string of the molecule is CNC(=O)c1cn(CC(F)CCc2ccc(NC(=O)Cc3cc(C(F)(F)F)ccn3)nn2)nn1. The highest BCUT2D eigenvalue weighted by atomic mass is 19.4. The van der Waals surface area contributed by atoms with Crippen molar-refractivity contribution in [3.8, 4) is 0 Å². The lowest BCUT2D eigenvalue weighted by Gasteiger charge is -2.09. The minimum absolute atomic E-state index is 0.0410. The number of anilines is 1. The molecule has 0 aromatic carbocycles. The third-order valence-electron chi connectivity index (χ3n) is 4.57. The summed E-state index contributed by atoms with van der Waals surface area (Å²) in [4.78, 5) is 27.3. The minimum atomic E-state index is -4.53. The van der Waals surface area contributed by atoms with Crippen molar-refractivity contribution >= 4 is 17.6 Å². The number of carbonyl (C=O) groups is 2. The van der Waals surface area contributed by atoms with Gasteiger partial charge in [-0.05, 0) is 37.1 Å². The van der Waals surface area contributed by atoms with Crippen molar-refractivity contribution in [3.05, 3.63) is 59.3 Å². The summed E-state index contributed by atoms with van der Waals surface area (Å²) in [6.45, 7) is -0.0882. The van der Waals surface area contributed by atoms with Gasteiger partial charge in [-0.1, -0.05) is 5.21 Å². The van der Waals surface area contributed by atoms with Crippen molar-refractivity contribution in [2.24, 2.45) is 0 Å². The number of aromatic nitrogens is 6. The smallest absolute Gasteiger partial charge is 0.354 e.